The summed E-state index contributed by atoms with van der Waals surface area (Å²) in [7, 11) is 0. The van der Waals surface area contributed by atoms with Gasteiger partial charge in [-0.2, -0.15) is 0 Å². The van der Waals surface area contributed by atoms with Crippen LogP contribution >= 0.6 is 27.5 Å². The van der Waals surface area contributed by atoms with Crippen LogP contribution in [-0.2, 0) is 6.61 Å². The molecular formula is C13H9BrClNO3. The summed E-state index contributed by atoms with van der Waals surface area (Å²) in [5.74, 6) is 0.692. The SMILES string of the molecule is O=[N+]([O-])c1ccc(COc2ccccc2Br)c(Cl)c1. The lowest BCUT2D eigenvalue weighted by Gasteiger charge is -2.09. The highest BCUT2D eigenvalue weighted by atomic mass is 79.9. The van der Waals surface area contributed by atoms with E-state index < -0.39 is 4.92 Å². The van der Waals surface area contributed by atoms with Crippen molar-refractivity contribution in [2.24, 2.45) is 0 Å². The molecule has 0 spiro atoms. The third kappa shape index (κ3) is 3.45. The lowest BCUT2D eigenvalue weighted by molar-refractivity contribution is -0.384. The maximum atomic E-state index is 10.6. The fraction of sp³-hybridized carbons (Fsp3) is 0.0769. The average molecular weight is 343 g/mol. The Morgan fingerprint density at radius 3 is 2.63 bits per heavy atom. The number of nitro benzene ring substituents is 1. The van der Waals surface area contributed by atoms with E-state index in [-0.39, 0.29) is 12.3 Å². The minimum Gasteiger partial charge on any atom is -0.488 e. The quantitative estimate of drug-likeness (QED) is 0.603. The Morgan fingerprint density at radius 1 is 1.26 bits per heavy atom. The van der Waals surface area contributed by atoms with Crippen LogP contribution in [0.4, 0.5) is 5.69 Å². The minimum atomic E-state index is -0.482. The first kappa shape index (κ1) is 13.8. The van der Waals surface area contributed by atoms with Gasteiger partial charge in [-0.3, -0.25) is 10.1 Å². The molecule has 19 heavy (non-hydrogen) atoms. The molecule has 0 aliphatic carbocycles. The van der Waals surface area contributed by atoms with Gasteiger partial charge in [0.2, 0.25) is 0 Å². The van der Waals surface area contributed by atoms with E-state index in [1.807, 2.05) is 24.3 Å². The molecular weight excluding hydrogens is 334 g/mol. The second-order valence-electron chi connectivity index (χ2n) is 3.75. The van der Waals surface area contributed by atoms with Crippen molar-refractivity contribution in [1.29, 1.82) is 0 Å². The Hall–Kier alpha value is -1.59. The first-order valence-corrected chi connectivity index (χ1v) is 6.55. The van der Waals surface area contributed by atoms with Gasteiger partial charge in [0, 0.05) is 17.7 Å². The third-order valence-electron chi connectivity index (χ3n) is 2.47. The summed E-state index contributed by atoms with van der Waals surface area (Å²) < 4.78 is 6.44. The van der Waals surface area contributed by atoms with Crippen molar-refractivity contribution in [3.63, 3.8) is 0 Å². The molecule has 2 aromatic rings. The molecule has 0 N–H and O–H groups in total. The number of para-hydroxylation sites is 1. The molecule has 0 fully saturated rings. The lowest BCUT2D eigenvalue weighted by atomic mass is 10.2. The zero-order chi connectivity index (χ0) is 13.8. The molecule has 0 aromatic heterocycles. The van der Waals surface area contributed by atoms with E-state index >= 15 is 0 Å². The zero-order valence-corrected chi connectivity index (χ0v) is 12.0. The van der Waals surface area contributed by atoms with Gasteiger partial charge in [-0.1, -0.05) is 23.7 Å². The number of nitro groups is 1. The summed E-state index contributed by atoms with van der Waals surface area (Å²) in [6, 6.07) is 11.8. The van der Waals surface area contributed by atoms with E-state index in [1.54, 1.807) is 6.07 Å². The predicted octanol–water partition coefficient (Wildman–Crippen LogP) is 4.59. The van der Waals surface area contributed by atoms with Gasteiger partial charge in [-0.05, 0) is 34.1 Å². The maximum Gasteiger partial charge on any atom is 0.270 e. The van der Waals surface area contributed by atoms with Crippen LogP contribution in [0.25, 0.3) is 0 Å². The molecule has 98 valence electrons. The number of ether oxygens (including phenoxy) is 1. The number of rotatable bonds is 4. The molecule has 6 heteroatoms. The topological polar surface area (TPSA) is 52.4 Å². The number of halogens is 2. The van der Waals surface area contributed by atoms with E-state index in [0.717, 1.165) is 4.47 Å². The van der Waals surface area contributed by atoms with Crippen LogP contribution in [0.1, 0.15) is 5.56 Å². The number of benzene rings is 2. The molecule has 4 nitrogen and oxygen atoms in total. The molecule has 0 saturated heterocycles. The normalized spacial score (nSPS) is 10.2. The maximum absolute atomic E-state index is 10.6. The number of hydrogen-bond acceptors (Lipinski definition) is 3. The Bertz CT molecular complexity index is 619. The van der Waals surface area contributed by atoms with Crippen molar-refractivity contribution in [3.05, 3.63) is 67.6 Å². The number of nitrogens with zero attached hydrogens (tertiary/aromatic N) is 1. The summed E-state index contributed by atoms with van der Waals surface area (Å²) in [5, 5.41) is 10.9. The fourth-order valence-corrected chi connectivity index (χ4v) is 2.11. The van der Waals surface area contributed by atoms with Gasteiger partial charge in [0.25, 0.3) is 5.69 Å². The highest BCUT2D eigenvalue weighted by molar-refractivity contribution is 9.10. The molecule has 2 aromatic carbocycles. The standard InChI is InChI=1S/C13H9BrClNO3/c14-11-3-1-2-4-13(11)19-8-9-5-6-10(16(17)18)7-12(9)15/h1-7H,8H2. The largest absolute Gasteiger partial charge is 0.488 e. The summed E-state index contributed by atoms with van der Waals surface area (Å²) in [6.45, 7) is 0.249. The van der Waals surface area contributed by atoms with Gasteiger partial charge >= 0.3 is 0 Å². The van der Waals surface area contributed by atoms with Gasteiger partial charge in [-0.15, -0.1) is 0 Å². The van der Waals surface area contributed by atoms with E-state index in [9.17, 15) is 10.1 Å². The van der Waals surface area contributed by atoms with Crippen LogP contribution in [-0.4, -0.2) is 4.92 Å². The molecule has 0 saturated carbocycles. The molecule has 0 radical (unpaired) electrons. The third-order valence-corrected chi connectivity index (χ3v) is 3.47. The summed E-state index contributed by atoms with van der Waals surface area (Å²) in [4.78, 5) is 10.1. The zero-order valence-electron chi connectivity index (χ0n) is 9.68. The van der Waals surface area contributed by atoms with Gasteiger partial charge in [0.15, 0.2) is 0 Å². The van der Waals surface area contributed by atoms with E-state index in [1.165, 1.54) is 12.1 Å². The van der Waals surface area contributed by atoms with Crippen LogP contribution < -0.4 is 4.74 Å². The summed E-state index contributed by atoms with van der Waals surface area (Å²) in [5.41, 5.74) is 0.665. The van der Waals surface area contributed by atoms with Crippen molar-refractivity contribution in [1.82, 2.24) is 0 Å². The molecule has 0 aliphatic heterocycles. The highest BCUT2D eigenvalue weighted by Gasteiger charge is 2.10. The lowest BCUT2D eigenvalue weighted by Crippen LogP contribution is -1.98. The number of non-ortho nitro benzene ring substituents is 1. The van der Waals surface area contributed by atoms with Crippen molar-refractivity contribution in [2.45, 2.75) is 6.61 Å². The molecule has 0 amide bonds. The molecule has 0 unspecified atom stereocenters. The van der Waals surface area contributed by atoms with Crippen molar-refractivity contribution in [2.75, 3.05) is 0 Å². The van der Waals surface area contributed by atoms with Crippen molar-refractivity contribution in [3.8, 4) is 5.75 Å². The monoisotopic (exact) mass is 341 g/mol. The summed E-state index contributed by atoms with van der Waals surface area (Å²) in [6.07, 6.45) is 0. The van der Waals surface area contributed by atoms with Crippen molar-refractivity contribution < 1.29 is 9.66 Å². The van der Waals surface area contributed by atoms with Crippen LogP contribution in [0.5, 0.6) is 5.75 Å². The van der Waals surface area contributed by atoms with Crippen LogP contribution in [0.15, 0.2) is 46.9 Å². The second-order valence-corrected chi connectivity index (χ2v) is 5.01. The molecule has 0 bridgehead atoms. The second kappa shape index (κ2) is 6.04. The van der Waals surface area contributed by atoms with Crippen LogP contribution in [0.2, 0.25) is 5.02 Å². The first-order valence-electron chi connectivity index (χ1n) is 5.38. The Kier molecular flexibility index (Phi) is 4.39. The van der Waals surface area contributed by atoms with Crippen LogP contribution in [0, 0.1) is 10.1 Å². The molecule has 2 rings (SSSR count). The van der Waals surface area contributed by atoms with E-state index in [2.05, 4.69) is 15.9 Å². The van der Waals surface area contributed by atoms with Gasteiger partial charge in [0.05, 0.1) is 14.4 Å². The molecule has 0 aliphatic rings. The van der Waals surface area contributed by atoms with Gasteiger partial charge in [-0.25, -0.2) is 0 Å². The van der Waals surface area contributed by atoms with Gasteiger partial charge < -0.3 is 4.74 Å². The Balaban J connectivity index is 2.12. The van der Waals surface area contributed by atoms with Gasteiger partial charge in [0.1, 0.15) is 12.4 Å². The predicted molar refractivity (Wildman–Crippen MR) is 76.6 cm³/mol. The first-order chi connectivity index (χ1) is 9.08. The molecule has 0 atom stereocenters. The summed E-state index contributed by atoms with van der Waals surface area (Å²) >= 11 is 9.36. The smallest absolute Gasteiger partial charge is 0.270 e. The van der Waals surface area contributed by atoms with Crippen molar-refractivity contribution >= 4 is 33.2 Å². The number of hydrogen-bond donors (Lipinski definition) is 0. The Labute approximate surface area is 123 Å². The minimum absolute atomic E-state index is 0.0327. The fourth-order valence-electron chi connectivity index (χ4n) is 1.48. The van der Waals surface area contributed by atoms with E-state index in [0.29, 0.717) is 16.3 Å². The van der Waals surface area contributed by atoms with E-state index in [4.69, 9.17) is 16.3 Å². The Morgan fingerprint density at radius 2 is 2.00 bits per heavy atom. The average Bonchev–Trinajstić information content (AvgIpc) is 2.39. The highest BCUT2D eigenvalue weighted by Crippen LogP contribution is 2.27. The molecule has 0 heterocycles. The van der Waals surface area contributed by atoms with Crippen LogP contribution in [0.3, 0.4) is 0 Å².